The smallest absolute Gasteiger partial charge is 0.375 e. The van der Waals surface area contributed by atoms with Crippen molar-refractivity contribution < 1.29 is 28.3 Å². The zero-order valence-corrected chi connectivity index (χ0v) is 11.7. The van der Waals surface area contributed by atoms with Gasteiger partial charge in [-0.25, -0.2) is 4.57 Å². The summed E-state index contributed by atoms with van der Waals surface area (Å²) in [5.41, 5.74) is 0. The van der Waals surface area contributed by atoms with Gasteiger partial charge in [0.05, 0.1) is 19.8 Å². The first kappa shape index (κ1) is 17.8. The molecule has 0 radical (unpaired) electrons. The summed E-state index contributed by atoms with van der Waals surface area (Å²) in [5, 5.41) is 0. The lowest BCUT2D eigenvalue weighted by Gasteiger charge is -2.18. The Morgan fingerprint density at radius 2 is 2.06 bits per heavy atom. The van der Waals surface area contributed by atoms with Crippen LogP contribution in [0, 0.1) is 0 Å². The number of phosphoric ester groups is 1. The molecular weight excluding hydrogens is 259 g/mol. The maximum Gasteiger partial charge on any atom is 0.469 e. The van der Waals surface area contributed by atoms with Crippen molar-refractivity contribution in [2.75, 3.05) is 26.4 Å². The van der Waals surface area contributed by atoms with Crippen molar-refractivity contribution in [1.82, 2.24) is 0 Å². The van der Waals surface area contributed by atoms with Gasteiger partial charge in [-0.05, 0) is 6.42 Å². The first-order chi connectivity index (χ1) is 8.49. The molecule has 7 heteroatoms. The van der Waals surface area contributed by atoms with Gasteiger partial charge < -0.3 is 19.3 Å². The first-order valence-electron chi connectivity index (χ1n) is 6.00. The Morgan fingerprint density at radius 1 is 1.33 bits per heavy atom. The Labute approximate surface area is 108 Å². The number of hydrogen-bond acceptors (Lipinski definition) is 4. The van der Waals surface area contributed by atoms with E-state index in [-0.39, 0.29) is 13.2 Å². The molecule has 0 bridgehead atoms. The van der Waals surface area contributed by atoms with Crippen molar-refractivity contribution in [2.45, 2.75) is 32.3 Å². The minimum atomic E-state index is -4.46. The summed E-state index contributed by atoms with van der Waals surface area (Å²) in [6.45, 7) is 6.52. The Hall–Kier alpha value is -0.230. The van der Waals surface area contributed by atoms with Gasteiger partial charge in [-0.1, -0.05) is 25.8 Å². The standard InChI is InChI=1S/C11H23O6P/c1-3-5-6-8-16-11(9-15-7-4-2)10-17-18(12,13)14/h4,11H,2-3,5-10H2,1H3,(H2,12,13,14). The normalized spacial score (nSPS) is 13.5. The van der Waals surface area contributed by atoms with Crippen LogP contribution in [0.3, 0.4) is 0 Å². The highest BCUT2D eigenvalue weighted by molar-refractivity contribution is 7.46. The fraction of sp³-hybridized carbons (Fsp3) is 0.818. The largest absolute Gasteiger partial charge is 0.469 e. The third kappa shape index (κ3) is 12.2. The topological polar surface area (TPSA) is 85.2 Å². The molecule has 0 aliphatic heterocycles. The molecule has 0 saturated heterocycles. The lowest BCUT2D eigenvalue weighted by Crippen LogP contribution is -2.26. The third-order valence-electron chi connectivity index (χ3n) is 2.07. The van der Waals surface area contributed by atoms with E-state index in [9.17, 15) is 4.57 Å². The molecule has 0 aromatic heterocycles. The molecule has 0 aromatic carbocycles. The van der Waals surface area contributed by atoms with E-state index >= 15 is 0 Å². The van der Waals surface area contributed by atoms with Crippen molar-refractivity contribution in [3.8, 4) is 0 Å². The second-order valence-electron chi connectivity index (χ2n) is 3.81. The van der Waals surface area contributed by atoms with Gasteiger partial charge in [0.15, 0.2) is 0 Å². The van der Waals surface area contributed by atoms with Crippen LogP contribution in [-0.4, -0.2) is 42.3 Å². The van der Waals surface area contributed by atoms with Crippen LogP contribution in [0.4, 0.5) is 0 Å². The van der Waals surface area contributed by atoms with Gasteiger partial charge in [0.1, 0.15) is 6.10 Å². The van der Waals surface area contributed by atoms with Crippen LogP contribution in [0.1, 0.15) is 26.2 Å². The van der Waals surface area contributed by atoms with E-state index in [1.807, 2.05) is 0 Å². The predicted molar refractivity (Wildman–Crippen MR) is 68.3 cm³/mol. The fourth-order valence-electron chi connectivity index (χ4n) is 1.21. The van der Waals surface area contributed by atoms with Crippen LogP contribution < -0.4 is 0 Å². The first-order valence-corrected chi connectivity index (χ1v) is 7.53. The molecule has 0 aliphatic carbocycles. The quantitative estimate of drug-likeness (QED) is 0.323. The monoisotopic (exact) mass is 282 g/mol. The maximum absolute atomic E-state index is 10.6. The van der Waals surface area contributed by atoms with E-state index in [2.05, 4.69) is 18.0 Å². The minimum absolute atomic E-state index is 0.187. The second-order valence-corrected chi connectivity index (χ2v) is 5.05. The highest BCUT2D eigenvalue weighted by atomic mass is 31.2. The summed E-state index contributed by atoms with van der Waals surface area (Å²) >= 11 is 0. The summed E-state index contributed by atoms with van der Waals surface area (Å²) < 4.78 is 25.7. The highest BCUT2D eigenvalue weighted by Gasteiger charge is 2.18. The van der Waals surface area contributed by atoms with Gasteiger partial charge in [0, 0.05) is 6.61 Å². The summed E-state index contributed by atoms with van der Waals surface area (Å²) in [6.07, 6.45) is 4.16. The van der Waals surface area contributed by atoms with Gasteiger partial charge in [-0.2, -0.15) is 0 Å². The van der Waals surface area contributed by atoms with E-state index < -0.39 is 13.9 Å². The van der Waals surface area contributed by atoms with E-state index in [0.717, 1.165) is 19.3 Å². The Bertz CT molecular complexity index is 252. The number of ether oxygens (including phenoxy) is 2. The number of phosphoric acid groups is 1. The average Bonchev–Trinajstić information content (AvgIpc) is 2.29. The molecule has 0 aliphatic rings. The average molecular weight is 282 g/mol. The second kappa shape index (κ2) is 10.7. The van der Waals surface area contributed by atoms with Crippen molar-refractivity contribution in [3.63, 3.8) is 0 Å². The van der Waals surface area contributed by atoms with Gasteiger partial charge in [0.25, 0.3) is 0 Å². The minimum Gasteiger partial charge on any atom is -0.375 e. The van der Waals surface area contributed by atoms with E-state index in [4.69, 9.17) is 19.3 Å². The number of unbranched alkanes of at least 4 members (excludes halogenated alkanes) is 2. The van der Waals surface area contributed by atoms with Crippen molar-refractivity contribution in [3.05, 3.63) is 12.7 Å². The SMILES string of the molecule is C=CCOCC(COP(=O)(O)O)OCCCCC. The predicted octanol–water partition coefficient (Wildman–Crippen LogP) is 1.87. The summed E-state index contributed by atoms with van der Waals surface area (Å²) in [4.78, 5) is 17.2. The highest BCUT2D eigenvalue weighted by Crippen LogP contribution is 2.35. The zero-order valence-electron chi connectivity index (χ0n) is 10.8. The summed E-state index contributed by atoms with van der Waals surface area (Å²) in [6, 6.07) is 0. The van der Waals surface area contributed by atoms with Gasteiger partial charge in [-0.3, -0.25) is 4.52 Å². The van der Waals surface area contributed by atoms with E-state index in [1.54, 1.807) is 6.08 Å². The molecule has 0 heterocycles. The van der Waals surface area contributed by atoms with Crippen LogP contribution in [0.25, 0.3) is 0 Å². The Morgan fingerprint density at radius 3 is 2.61 bits per heavy atom. The van der Waals surface area contributed by atoms with Crippen LogP contribution in [0.15, 0.2) is 12.7 Å². The van der Waals surface area contributed by atoms with E-state index in [1.165, 1.54) is 0 Å². The number of rotatable bonds is 12. The third-order valence-corrected chi connectivity index (χ3v) is 2.55. The van der Waals surface area contributed by atoms with Crippen molar-refractivity contribution in [2.24, 2.45) is 0 Å². The molecule has 1 atom stereocenters. The maximum atomic E-state index is 10.6. The molecule has 6 nitrogen and oxygen atoms in total. The molecule has 0 saturated carbocycles. The fourth-order valence-corrected chi connectivity index (χ4v) is 1.57. The number of hydrogen-bond donors (Lipinski definition) is 2. The van der Waals surface area contributed by atoms with E-state index in [0.29, 0.717) is 13.2 Å². The molecule has 18 heavy (non-hydrogen) atoms. The molecule has 1 unspecified atom stereocenters. The van der Waals surface area contributed by atoms with Crippen LogP contribution in [0.2, 0.25) is 0 Å². The van der Waals surface area contributed by atoms with Crippen LogP contribution in [-0.2, 0) is 18.6 Å². The molecular formula is C11H23O6P. The summed E-state index contributed by atoms with van der Waals surface area (Å²) in [7, 11) is -4.46. The molecule has 0 aromatic rings. The van der Waals surface area contributed by atoms with Crippen LogP contribution >= 0.6 is 7.82 Å². The van der Waals surface area contributed by atoms with Crippen molar-refractivity contribution >= 4 is 7.82 Å². The van der Waals surface area contributed by atoms with Crippen LogP contribution in [0.5, 0.6) is 0 Å². The van der Waals surface area contributed by atoms with Crippen molar-refractivity contribution in [1.29, 1.82) is 0 Å². The summed E-state index contributed by atoms with van der Waals surface area (Å²) in [5.74, 6) is 0. The molecule has 2 N–H and O–H groups in total. The lowest BCUT2D eigenvalue weighted by atomic mass is 10.3. The molecule has 108 valence electrons. The Balaban J connectivity index is 3.91. The van der Waals surface area contributed by atoms with Gasteiger partial charge in [0.2, 0.25) is 0 Å². The molecule has 0 spiro atoms. The zero-order chi connectivity index (χ0) is 13.9. The molecule has 0 fully saturated rings. The lowest BCUT2D eigenvalue weighted by molar-refractivity contribution is -0.0374. The molecule has 0 rings (SSSR count). The van der Waals surface area contributed by atoms with Gasteiger partial charge in [-0.15, -0.1) is 6.58 Å². The Kier molecular flexibility index (Phi) is 10.5. The molecule has 0 amide bonds. The van der Waals surface area contributed by atoms with Gasteiger partial charge >= 0.3 is 7.82 Å².